The lowest BCUT2D eigenvalue weighted by molar-refractivity contribution is 0.0641. The number of hydrogen-bond acceptors (Lipinski definition) is 4. The fraction of sp³-hybridized carbons (Fsp3) is 0.476. The molecule has 1 unspecified atom stereocenters. The summed E-state index contributed by atoms with van der Waals surface area (Å²) in [6.45, 7) is 9.09. The summed E-state index contributed by atoms with van der Waals surface area (Å²) in [4.78, 5) is 30.7. The summed E-state index contributed by atoms with van der Waals surface area (Å²) in [5.41, 5.74) is 0.685. The predicted molar refractivity (Wildman–Crippen MR) is 108 cm³/mol. The van der Waals surface area contributed by atoms with Crippen LogP contribution in [0.5, 0.6) is 0 Å². The number of amides is 1. The van der Waals surface area contributed by atoms with Crippen molar-refractivity contribution in [2.45, 2.75) is 46.6 Å². The number of carbonyl (C=O) groups is 2. The minimum Gasteiger partial charge on any atom is -0.476 e. The molecule has 0 radical (unpaired) electrons. The van der Waals surface area contributed by atoms with Gasteiger partial charge in [-0.2, -0.15) is 0 Å². The van der Waals surface area contributed by atoms with Crippen LogP contribution in [0.2, 0.25) is 0 Å². The minimum atomic E-state index is -1.04. The Morgan fingerprint density at radius 3 is 2.30 bits per heavy atom. The maximum Gasteiger partial charge on any atom is 0.355 e. The molecule has 5 nitrogen and oxygen atoms in total. The van der Waals surface area contributed by atoms with Gasteiger partial charge in [0, 0.05) is 17.5 Å². The van der Waals surface area contributed by atoms with Gasteiger partial charge in [-0.05, 0) is 36.8 Å². The van der Waals surface area contributed by atoms with Gasteiger partial charge < -0.3 is 10.0 Å². The first-order valence-electron chi connectivity index (χ1n) is 9.34. The number of aromatic carboxylic acids is 1. The van der Waals surface area contributed by atoms with Crippen LogP contribution in [0.3, 0.4) is 0 Å². The molecular formula is C21H28N2O3S. The highest BCUT2D eigenvalue weighted by molar-refractivity contribution is 7.09. The first-order valence-corrected chi connectivity index (χ1v) is 10.2. The molecule has 2 aromatic rings. The van der Waals surface area contributed by atoms with Crippen LogP contribution < -0.4 is 0 Å². The summed E-state index contributed by atoms with van der Waals surface area (Å²) in [7, 11) is 0. The summed E-state index contributed by atoms with van der Waals surface area (Å²) in [6.07, 6.45) is 1.62. The number of benzene rings is 1. The molecule has 6 heteroatoms. The molecule has 1 atom stereocenters. The molecular weight excluding hydrogens is 360 g/mol. The Hall–Kier alpha value is -2.21. The molecule has 0 aliphatic rings. The number of carboxylic acids is 1. The molecule has 1 aromatic heterocycles. The van der Waals surface area contributed by atoms with E-state index in [1.165, 1.54) is 11.3 Å². The van der Waals surface area contributed by atoms with E-state index in [1.807, 2.05) is 35.2 Å². The molecule has 0 bridgehead atoms. The maximum absolute atomic E-state index is 13.3. The van der Waals surface area contributed by atoms with E-state index in [0.29, 0.717) is 29.0 Å². The third-order valence-corrected chi connectivity index (χ3v) is 5.27. The van der Waals surface area contributed by atoms with Crippen molar-refractivity contribution in [1.82, 2.24) is 9.88 Å². The Labute approximate surface area is 165 Å². The second-order valence-electron chi connectivity index (χ2n) is 7.57. The van der Waals surface area contributed by atoms with E-state index in [9.17, 15) is 14.7 Å². The van der Waals surface area contributed by atoms with E-state index in [4.69, 9.17) is 0 Å². The van der Waals surface area contributed by atoms with Crippen LogP contribution in [0.15, 0.2) is 35.7 Å². The second-order valence-corrected chi connectivity index (χ2v) is 8.46. The molecule has 146 valence electrons. The number of nitrogens with zero attached hydrogens (tertiary/aromatic N) is 2. The van der Waals surface area contributed by atoms with Gasteiger partial charge in [0.15, 0.2) is 5.69 Å². The van der Waals surface area contributed by atoms with Crippen molar-refractivity contribution >= 4 is 23.2 Å². The van der Waals surface area contributed by atoms with E-state index in [1.54, 1.807) is 5.38 Å². The van der Waals surface area contributed by atoms with Gasteiger partial charge >= 0.3 is 5.97 Å². The molecule has 0 aliphatic carbocycles. The Morgan fingerprint density at radius 2 is 1.78 bits per heavy atom. The zero-order valence-electron chi connectivity index (χ0n) is 16.4. The molecule has 1 heterocycles. The zero-order valence-corrected chi connectivity index (χ0v) is 17.2. The number of carbonyl (C=O) groups excluding carboxylic acids is 1. The Kier molecular flexibility index (Phi) is 7.54. The number of thiazole rings is 1. The predicted octanol–water partition coefficient (Wildman–Crippen LogP) is 5.12. The molecule has 1 aromatic carbocycles. The third-order valence-electron chi connectivity index (χ3n) is 4.33. The van der Waals surface area contributed by atoms with Crippen molar-refractivity contribution in [1.29, 1.82) is 0 Å². The average molecular weight is 389 g/mol. The Balaban J connectivity index is 2.41. The van der Waals surface area contributed by atoms with Crippen molar-refractivity contribution in [3.05, 3.63) is 52.0 Å². The summed E-state index contributed by atoms with van der Waals surface area (Å²) in [5.74, 6) is -0.267. The van der Waals surface area contributed by atoms with Crippen molar-refractivity contribution in [3.63, 3.8) is 0 Å². The first kappa shape index (κ1) is 21.1. The van der Waals surface area contributed by atoms with Crippen LogP contribution in [-0.4, -0.2) is 33.4 Å². The molecule has 0 aliphatic heterocycles. The van der Waals surface area contributed by atoms with Crippen molar-refractivity contribution < 1.29 is 14.7 Å². The zero-order chi connectivity index (χ0) is 20.0. The molecule has 1 amide bonds. The van der Waals surface area contributed by atoms with Gasteiger partial charge in [-0.1, -0.05) is 45.9 Å². The highest BCUT2D eigenvalue weighted by Gasteiger charge is 2.29. The summed E-state index contributed by atoms with van der Waals surface area (Å²) in [6, 6.07) is 9.02. The third kappa shape index (κ3) is 5.89. The fourth-order valence-corrected chi connectivity index (χ4v) is 3.81. The van der Waals surface area contributed by atoms with Gasteiger partial charge in [-0.25, -0.2) is 9.78 Å². The molecule has 1 N–H and O–H groups in total. The second kappa shape index (κ2) is 9.65. The average Bonchev–Trinajstić information content (AvgIpc) is 3.11. The van der Waals surface area contributed by atoms with Gasteiger partial charge in [0.25, 0.3) is 5.91 Å². The molecule has 27 heavy (non-hydrogen) atoms. The van der Waals surface area contributed by atoms with E-state index in [-0.39, 0.29) is 17.6 Å². The molecule has 2 rings (SSSR count). The van der Waals surface area contributed by atoms with Gasteiger partial charge in [0.1, 0.15) is 5.01 Å². The quantitative estimate of drug-likeness (QED) is 0.647. The summed E-state index contributed by atoms with van der Waals surface area (Å²) < 4.78 is 0. The van der Waals surface area contributed by atoms with Gasteiger partial charge in [0.05, 0.1) is 6.04 Å². The number of rotatable bonds is 9. The number of hydrogen-bond donors (Lipinski definition) is 1. The number of aromatic nitrogens is 1. The van der Waals surface area contributed by atoms with E-state index in [2.05, 4.69) is 32.7 Å². The van der Waals surface area contributed by atoms with Crippen LogP contribution in [0, 0.1) is 11.8 Å². The maximum atomic E-state index is 13.3. The van der Waals surface area contributed by atoms with Crippen molar-refractivity contribution in [2.75, 3.05) is 6.54 Å². The van der Waals surface area contributed by atoms with Crippen molar-refractivity contribution in [2.24, 2.45) is 11.8 Å². The summed E-state index contributed by atoms with van der Waals surface area (Å²) >= 11 is 1.32. The van der Waals surface area contributed by atoms with E-state index in [0.717, 1.165) is 12.8 Å². The van der Waals surface area contributed by atoms with Crippen LogP contribution in [-0.2, 0) is 0 Å². The van der Waals surface area contributed by atoms with E-state index >= 15 is 0 Å². The van der Waals surface area contributed by atoms with Crippen LogP contribution in [0.1, 0.15) is 72.4 Å². The lowest BCUT2D eigenvalue weighted by atomic mass is 10.0. The first-order chi connectivity index (χ1) is 12.8. The Morgan fingerprint density at radius 1 is 1.11 bits per heavy atom. The Bertz CT molecular complexity index is 756. The van der Waals surface area contributed by atoms with Gasteiger partial charge in [-0.3, -0.25) is 4.79 Å². The standard InChI is InChI=1S/C21H28N2O3S/c1-14(2)10-11-23(20(24)16-8-6-5-7-9-16)18(12-15(3)4)19-22-17(13-27-19)21(25)26/h5-9,13-15,18H,10-12H2,1-4H3,(H,25,26). The lowest BCUT2D eigenvalue weighted by Crippen LogP contribution is -2.37. The summed E-state index contributed by atoms with van der Waals surface area (Å²) in [5, 5.41) is 11.5. The highest BCUT2D eigenvalue weighted by Crippen LogP contribution is 2.32. The lowest BCUT2D eigenvalue weighted by Gasteiger charge is -2.32. The van der Waals surface area contributed by atoms with Crippen LogP contribution in [0.25, 0.3) is 0 Å². The molecule has 0 saturated heterocycles. The largest absolute Gasteiger partial charge is 0.476 e. The SMILES string of the molecule is CC(C)CCN(C(=O)c1ccccc1)C(CC(C)C)c1nc(C(=O)O)cs1. The van der Waals surface area contributed by atoms with Crippen LogP contribution >= 0.6 is 11.3 Å². The van der Waals surface area contributed by atoms with E-state index < -0.39 is 5.97 Å². The highest BCUT2D eigenvalue weighted by atomic mass is 32.1. The van der Waals surface area contributed by atoms with Gasteiger partial charge in [-0.15, -0.1) is 11.3 Å². The smallest absolute Gasteiger partial charge is 0.355 e. The van der Waals surface area contributed by atoms with Crippen LogP contribution in [0.4, 0.5) is 0 Å². The number of carboxylic acid groups (broad SMARTS) is 1. The molecule has 0 spiro atoms. The topological polar surface area (TPSA) is 70.5 Å². The fourth-order valence-electron chi connectivity index (χ4n) is 2.89. The monoisotopic (exact) mass is 388 g/mol. The minimum absolute atomic E-state index is 0.0334. The molecule has 0 saturated carbocycles. The van der Waals surface area contributed by atoms with Gasteiger partial charge in [0.2, 0.25) is 0 Å². The molecule has 0 fully saturated rings. The van der Waals surface area contributed by atoms with Crippen molar-refractivity contribution in [3.8, 4) is 0 Å². The normalized spacial score (nSPS) is 12.4.